The largest absolute Gasteiger partial charge is 0.472 e. The summed E-state index contributed by atoms with van der Waals surface area (Å²) < 4.78 is 32.0. The van der Waals surface area contributed by atoms with Crippen LogP contribution in [0.4, 0.5) is 15.0 Å². The molecule has 1 amide bonds. The predicted molar refractivity (Wildman–Crippen MR) is 134 cm³/mol. The monoisotopic (exact) mass is 516 g/mol. The van der Waals surface area contributed by atoms with Gasteiger partial charge in [-0.05, 0) is 53.2 Å². The molecule has 0 fully saturated rings. The van der Waals surface area contributed by atoms with Gasteiger partial charge < -0.3 is 24.8 Å². The summed E-state index contributed by atoms with van der Waals surface area (Å²) in [5, 5.41) is 10.0. The summed E-state index contributed by atoms with van der Waals surface area (Å²) in [6.45, 7) is 11.2. The lowest BCUT2D eigenvalue weighted by molar-refractivity contribution is 0.0495. The van der Waals surface area contributed by atoms with E-state index >= 15 is 0 Å². The molecule has 3 aromatic heterocycles. The molecule has 0 saturated heterocycles. The Morgan fingerprint density at radius 3 is 2.65 bits per heavy atom. The van der Waals surface area contributed by atoms with Crippen LogP contribution in [0.3, 0.4) is 0 Å². The number of carbonyl (C=O) groups is 2. The smallest absolute Gasteiger partial charge is 0.407 e. The van der Waals surface area contributed by atoms with E-state index in [0.717, 1.165) is 6.20 Å². The van der Waals surface area contributed by atoms with Crippen molar-refractivity contribution in [2.75, 3.05) is 18.5 Å². The van der Waals surface area contributed by atoms with Crippen molar-refractivity contribution in [3.63, 3.8) is 0 Å². The van der Waals surface area contributed by atoms with Crippen LogP contribution in [0.2, 0.25) is 0 Å². The summed E-state index contributed by atoms with van der Waals surface area (Å²) in [4.78, 5) is 32.9. The van der Waals surface area contributed by atoms with Gasteiger partial charge in [0, 0.05) is 11.8 Å². The third-order valence-corrected chi connectivity index (χ3v) is 5.15. The van der Waals surface area contributed by atoms with E-state index in [0.29, 0.717) is 23.4 Å². The highest BCUT2D eigenvalue weighted by Crippen LogP contribution is 2.28. The van der Waals surface area contributed by atoms with Crippen molar-refractivity contribution in [2.24, 2.45) is 0 Å². The molecule has 0 aliphatic rings. The number of aromatic nitrogens is 4. The molecule has 37 heavy (non-hydrogen) atoms. The van der Waals surface area contributed by atoms with Gasteiger partial charge in [0.25, 0.3) is 0 Å². The van der Waals surface area contributed by atoms with Crippen molar-refractivity contribution in [2.45, 2.75) is 65.7 Å². The fourth-order valence-electron chi connectivity index (χ4n) is 3.39. The summed E-state index contributed by atoms with van der Waals surface area (Å²) >= 11 is 0. The molecular weight excluding hydrogens is 483 g/mol. The number of nitrogens with one attached hydrogen (secondary N) is 2. The van der Waals surface area contributed by atoms with Crippen LogP contribution in [-0.4, -0.2) is 56.5 Å². The van der Waals surface area contributed by atoms with Crippen LogP contribution < -0.4 is 15.4 Å². The first kappa shape index (κ1) is 27.6. The summed E-state index contributed by atoms with van der Waals surface area (Å²) in [7, 11) is 0. The van der Waals surface area contributed by atoms with Crippen LogP contribution >= 0.6 is 0 Å². The first-order valence-electron chi connectivity index (χ1n) is 12.1. The number of rotatable bonds is 10. The van der Waals surface area contributed by atoms with E-state index in [1.54, 1.807) is 46.9 Å². The summed E-state index contributed by atoms with van der Waals surface area (Å²) in [5.41, 5.74) is 0.392. The van der Waals surface area contributed by atoms with Crippen LogP contribution in [0.15, 0.2) is 30.7 Å². The second kappa shape index (κ2) is 11.8. The molecule has 0 aromatic carbocycles. The zero-order chi connectivity index (χ0) is 27.2. The standard InChI is InChI=1S/C25H33FN6O5/c1-7-17(13-28-24(34)37-25(4,5)6)36-22-18(11-16(26)12-27-22)15(3)30-20-9-10-32-21(31-20)19(14-29-32)23(33)35-8-2/h9-12,14-15,17H,7-8,13H2,1-6H3,(H,28,34)(H,30,31)/t15-,17-/m1/s1. The maximum absolute atomic E-state index is 14.2. The molecular formula is C25H33FN6O5. The summed E-state index contributed by atoms with van der Waals surface area (Å²) in [5.74, 6) is -0.401. The molecule has 2 atom stereocenters. The minimum absolute atomic E-state index is 0.182. The molecule has 11 nitrogen and oxygen atoms in total. The van der Waals surface area contributed by atoms with Crippen molar-refractivity contribution in [3.8, 4) is 5.88 Å². The molecule has 0 radical (unpaired) electrons. The lowest BCUT2D eigenvalue weighted by Gasteiger charge is -2.23. The number of amides is 1. The van der Waals surface area contributed by atoms with Crippen LogP contribution in [-0.2, 0) is 9.47 Å². The highest BCUT2D eigenvalue weighted by Gasteiger charge is 2.22. The number of hydrogen-bond donors (Lipinski definition) is 2. The van der Waals surface area contributed by atoms with Gasteiger partial charge in [0.1, 0.15) is 28.9 Å². The van der Waals surface area contributed by atoms with E-state index in [9.17, 15) is 14.0 Å². The van der Waals surface area contributed by atoms with Crippen molar-refractivity contribution < 1.29 is 28.2 Å². The topological polar surface area (TPSA) is 129 Å². The van der Waals surface area contributed by atoms with E-state index < -0.39 is 35.6 Å². The number of pyridine rings is 1. The number of alkyl carbamates (subject to hydrolysis) is 1. The fraction of sp³-hybridized carbons (Fsp3) is 0.480. The van der Waals surface area contributed by atoms with Gasteiger partial charge in [-0.25, -0.2) is 28.5 Å². The van der Waals surface area contributed by atoms with Gasteiger partial charge in [0.15, 0.2) is 5.65 Å². The Morgan fingerprint density at radius 2 is 1.97 bits per heavy atom. The van der Waals surface area contributed by atoms with Gasteiger partial charge in [-0.3, -0.25) is 0 Å². The van der Waals surface area contributed by atoms with Crippen molar-refractivity contribution in [3.05, 3.63) is 47.7 Å². The lowest BCUT2D eigenvalue weighted by atomic mass is 10.1. The number of carbonyl (C=O) groups excluding carboxylic acids is 2. The maximum Gasteiger partial charge on any atom is 0.407 e. The minimum Gasteiger partial charge on any atom is -0.472 e. The van der Waals surface area contributed by atoms with Crippen LogP contribution in [0.1, 0.15) is 69.9 Å². The van der Waals surface area contributed by atoms with E-state index in [4.69, 9.17) is 14.2 Å². The molecule has 0 unspecified atom stereocenters. The number of ether oxygens (including phenoxy) is 3. The molecule has 12 heteroatoms. The molecule has 200 valence electrons. The number of fused-ring (bicyclic) bond motifs is 1. The van der Waals surface area contributed by atoms with Crippen LogP contribution in [0, 0.1) is 5.82 Å². The molecule has 0 bridgehead atoms. The number of anilines is 1. The second-order valence-corrected chi connectivity index (χ2v) is 9.30. The normalized spacial score (nSPS) is 13.1. The number of esters is 1. The predicted octanol–water partition coefficient (Wildman–Crippen LogP) is 4.30. The SMILES string of the molecule is CCOC(=O)c1cnn2ccc(N[C@H](C)c3cc(F)cnc3O[C@H](CC)CNC(=O)OC(C)(C)C)nc12. The molecule has 2 N–H and O–H groups in total. The van der Waals surface area contributed by atoms with Crippen LogP contribution in [0.5, 0.6) is 5.88 Å². The lowest BCUT2D eigenvalue weighted by Crippen LogP contribution is -2.38. The molecule has 0 saturated carbocycles. The minimum atomic E-state index is -0.621. The Bertz CT molecular complexity index is 1240. The highest BCUT2D eigenvalue weighted by atomic mass is 19.1. The quantitative estimate of drug-likeness (QED) is 0.379. The zero-order valence-corrected chi connectivity index (χ0v) is 21.9. The van der Waals surface area contributed by atoms with Gasteiger partial charge in [0.05, 0.1) is 31.6 Å². The number of hydrogen-bond acceptors (Lipinski definition) is 9. The molecule has 0 aliphatic carbocycles. The number of halogens is 1. The summed E-state index contributed by atoms with van der Waals surface area (Å²) in [6, 6.07) is 2.53. The van der Waals surface area contributed by atoms with E-state index in [1.165, 1.54) is 16.8 Å². The molecule has 3 aromatic rings. The Hall–Kier alpha value is -3.96. The van der Waals surface area contributed by atoms with Gasteiger partial charge in [-0.2, -0.15) is 5.10 Å². The van der Waals surface area contributed by atoms with Gasteiger partial charge in [-0.15, -0.1) is 0 Å². The van der Waals surface area contributed by atoms with Gasteiger partial charge in [-0.1, -0.05) is 6.92 Å². The Morgan fingerprint density at radius 1 is 1.22 bits per heavy atom. The zero-order valence-electron chi connectivity index (χ0n) is 21.9. The first-order valence-corrected chi connectivity index (χ1v) is 12.1. The molecule has 0 spiro atoms. The Kier molecular flexibility index (Phi) is 8.85. The van der Waals surface area contributed by atoms with Gasteiger partial charge in [0.2, 0.25) is 5.88 Å². The Labute approximate surface area is 214 Å². The highest BCUT2D eigenvalue weighted by molar-refractivity contribution is 5.95. The van der Waals surface area contributed by atoms with Crippen molar-refractivity contribution in [1.29, 1.82) is 0 Å². The molecule has 3 rings (SSSR count). The van der Waals surface area contributed by atoms with Gasteiger partial charge >= 0.3 is 12.1 Å². The first-order chi connectivity index (χ1) is 17.5. The average molecular weight is 517 g/mol. The Balaban J connectivity index is 1.76. The van der Waals surface area contributed by atoms with E-state index in [1.807, 2.05) is 6.92 Å². The van der Waals surface area contributed by atoms with Crippen molar-refractivity contribution in [1.82, 2.24) is 24.9 Å². The molecule has 0 aliphatic heterocycles. The van der Waals surface area contributed by atoms with Crippen molar-refractivity contribution >= 4 is 23.5 Å². The number of nitrogens with zero attached hydrogens (tertiary/aromatic N) is 4. The second-order valence-electron chi connectivity index (χ2n) is 9.30. The third-order valence-electron chi connectivity index (χ3n) is 5.15. The van der Waals surface area contributed by atoms with E-state index in [2.05, 4.69) is 25.7 Å². The molecule has 3 heterocycles. The maximum atomic E-state index is 14.2. The fourth-order valence-corrected chi connectivity index (χ4v) is 3.39. The van der Waals surface area contributed by atoms with Crippen LogP contribution in [0.25, 0.3) is 5.65 Å². The summed E-state index contributed by atoms with van der Waals surface area (Å²) in [6.07, 6.45) is 3.70. The third kappa shape index (κ3) is 7.51. The average Bonchev–Trinajstić information content (AvgIpc) is 3.25. The van der Waals surface area contributed by atoms with E-state index in [-0.39, 0.29) is 24.6 Å².